The molecule has 98 valence electrons. The molecule has 0 spiro atoms. The Balaban J connectivity index is 1.84. The number of ether oxygens (including phenoxy) is 1. The largest absolute Gasteiger partial charge is 0.491 e. The molecule has 0 amide bonds. The normalized spacial score (nSPS) is 21.6. The second-order valence-corrected chi connectivity index (χ2v) is 5.61. The summed E-state index contributed by atoms with van der Waals surface area (Å²) < 4.78 is 5.78. The highest BCUT2D eigenvalue weighted by Crippen LogP contribution is 2.31. The zero-order valence-corrected chi connectivity index (χ0v) is 11.4. The second-order valence-electron chi connectivity index (χ2n) is 5.20. The standard InChI is InChI=1S/C16H16ClNO/c17-14-7-3-1-5-12(14)9-16(18)10-13-6-2-4-8-15(13)19-11-16/h1-8H,9-11,18H2. The van der Waals surface area contributed by atoms with E-state index >= 15 is 0 Å². The molecule has 0 saturated heterocycles. The second kappa shape index (κ2) is 4.87. The van der Waals surface area contributed by atoms with Crippen molar-refractivity contribution >= 4 is 11.6 Å². The van der Waals surface area contributed by atoms with Crippen LogP contribution < -0.4 is 10.5 Å². The minimum atomic E-state index is -0.390. The van der Waals surface area contributed by atoms with Crippen LogP contribution in [-0.2, 0) is 12.8 Å². The van der Waals surface area contributed by atoms with Gasteiger partial charge in [0.2, 0.25) is 0 Å². The van der Waals surface area contributed by atoms with E-state index in [4.69, 9.17) is 22.1 Å². The summed E-state index contributed by atoms with van der Waals surface area (Å²) >= 11 is 6.21. The Morgan fingerprint density at radius 3 is 2.68 bits per heavy atom. The molecule has 1 unspecified atom stereocenters. The van der Waals surface area contributed by atoms with E-state index in [2.05, 4.69) is 6.07 Å². The highest BCUT2D eigenvalue weighted by molar-refractivity contribution is 6.31. The van der Waals surface area contributed by atoms with Crippen molar-refractivity contribution in [3.63, 3.8) is 0 Å². The van der Waals surface area contributed by atoms with Crippen LogP contribution in [0.3, 0.4) is 0 Å². The fourth-order valence-electron chi connectivity index (χ4n) is 2.58. The minimum Gasteiger partial charge on any atom is -0.491 e. The molecular formula is C16H16ClNO. The minimum absolute atomic E-state index is 0.390. The average Bonchev–Trinajstić information content (AvgIpc) is 2.41. The molecule has 2 nitrogen and oxygen atoms in total. The molecule has 19 heavy (non-hydrogen) atoms. The van der Waals surface area contributed by atoms with Gasteiger partial charge < -0.3 is 10.5 Å². The molecule has 1 atom stereocenters. The van der Waals surface area contributed by atoms with E-state index in [0.29, 0.717) is 6.61 Å². The molecule has 2 aromatic carbocycles. The number of hydrogen-bond donors (Lipinski definition) is 1. The van der Waals surface area contributed by atoms with Crippen molar-refractivity contribution in [3.8, 4) is 5.75 Å². The maximum absolute atomic E-state index is 6.49. The summed E-state index contributed by atoms with van der Waals surface area (Å²) in [6.45, 7) is 0.523. The third kappa shape index (κ3) is 2.60. The predicted molar refractivity (Wildman–Crippen MR) is 77.7 cm³/mol. The van der Waals surface area contributed by atoms with Gasteiger partial charge in [-0.1, -0.05) is 48.0 Å². The maximum Gasteiger partial charge on any atom is 0.122 e. The zero-order valence-electron chi connectivity index (χ0n) is 10.6. The lowest BCUT2D eigenvalue weighted by Gasteiger charge is -2.35. The molecule has 1 aliphatic heterocycles. The van der Waals surface area contributed by atoms with Crippen LogP contribution in [0.4, 0.5) is 0 Å². The van der Waals surface area contributed by atoms with Gasteiger partial charge in [-0.05, 0) is 36.1 Å². The monoisotopic (exact) mass is 273 g/mol. The van der Waals surface area contributed by atoms with Crippen LogP contribution in [0, 0.1) is 0 Å². The van der Waals surface area contributed by atoms with Crippen LogP contribution in [-0.4, -0.2) is 12.1 Å². The van der Waals surface area contributed by atoms with Crippen molar-refractivity contribution < 1.29 is 4.74 Å². The summed E-state index contributed by atoms with van der Waals surface area (Å²) in [4.78, 5) is 0. The van der Waals surface area contributed by atoms with Crippen molar-refractivity contribution in [1.82, 2.24) is 0 Å². The fourth-order valence-corrected chi connectivity index (χ4v) is 2.78. The van der Waals surface area contributed by atoms with E-state index in [-0.39, 0.29) is 5.54 Å². The zero-order chi connectivity index (χ0) is 13.3. The first kappa shape index (κ1) is 12.5. The van der Waals surface area contributed by atoms with E-state index in [1.807, 2.05) is 42.5 Å². The number of nitrogens with two attached hydrogens (primary N) is 1. The van der Waals surface area contributed by atoms with Crippen LogP contribution in [0.25, 0.3) is 0 Å². The Morgan fingerprint density at radius 1 is 1.11 bits per heavy atom. The molecule has 1 aliphatic rings. The lowest BCUT2D eigenvalue weighted by atomic mass is 9.84. The Bertz CT molecular complexity index is 599. The van der Waals surface area contributed by atoms with Crippen LogP contribution in [0.2, 0.25) is 5.02 Å². The number of halogens is 1. The Hall–Kier alpha value is -1.51. The number of fused-ring (bicyclic) bond motifs is 1. The molecule has 1 heterocycles. The predicted octanol–water partition coefficient (Wildman–Crippen LogP) is 3.22. The number of rotatable bonds is 2. The molecule has 0 aliphatic carbocycles. The third-order valence-corrected chi connectivity index (χ3v) is 3.90. The van der Waals surface area contributed by atoms with Gasteiger partial charge in [0, 0.05) is 5.02 Å². The van der Waals surface area contributed by atoms with Crippen molar-refractivity contribution in [2.24, 2.45) is 5.73 Å². The number of benzene rings is 2. The fraction of sp³-hybridized carbons (Fsp3) is 0.250. The molecule has 0 radical (unpaired) electrons. The maximum atomic E-state index is 6.49. The van der Waals surface area contributed by atoms with Crippen LogP contribution in [0.15, 0.2) is 48.5 Å². The van der Waals surface area contributed by atoms with Gasteiger partial charge in [0.15, 0.2) is 0 Å². The quantitative estimate of drug-likeness (QED) is 0.912. The van der Waals surface area contributed by atoms with Gasteiger partial charge in [-0.2, -0.15) is 0 Å². The van der Waals surface area contributed by atoms with Crippen LogP contribution >= 0.6 is 11.6 Å². The summed E-state index contributed by atoms with van der Waals surface area (Å²) in [5.74, 6) is 0.947. The Labute approximate surface area is 118 Å². The Kier molecular flexibility index (Phi) is 3.21. The summed E-state index contributed by atoms with van der Waals surface area (Å²) in [6.07, 6.45) is 1.54. The summed E-state index contributed by atoms with van der Waals surface area (Å²) in [6, 6.07) is 15.9. The van der Waals surface area contributed by atoms with Gasteiger partial charge in [-0.15, -0.1) is 0 Å². The van der Waals surface area contributed by atoms with E-state index in [1.54, 1.807) is 0 Å². The molecule has 3 heteroatoms. The van der Waals surface area contributed by atoms with Gasteiger partial charge in [-0.25, -0.2) is 0 Å². The average molecular weight is 274 g/mol. The first-order valence-electron chi connectivity index (χ1n) is 6.39. The number of hydrogen-bond acceptors (Lipinski definition) is 2. The molecular weight excluding hydrogens is 258 g/mol. The molecule has 0 aromatic heterocycles. The van der Waals surface area contributed by atoms with Gasteiger partial charge in [-0.3, -0.25) is 0 Å². The van der Waals surface area contributed by atoms with Gasteiger partial charge >= 0.3 is 0 Å². The molecule has 0 bridgehead atoms. The first-order valence-corrected chi connectivity index (χ1v) is 6.77. The molecule has 3 rings (SSSR count). The lowest BCUT2D eigenvalue weighted by Crippen LogP contribution is -2.51. The lowest BCUT2D eigenvalue weighted by molar-refractivity contribution is 0.190. The number of para-hydroxylation sites is 1. The van der Waals surface area contributed by atoms with E-state index < -0.39 is 0 Å². The summed E-state index contributed by atoms with van der Waals surface area (Å²) in [7, 11) is 0. The van der Waals surface area contributed by atoms with Gasteiger partial charge in [0.05, 0.1) is 5.54 Å². The van der Waals surface area contributed by atoms with E-state index in [9.17, 15) is 0 Å². The first-order chi connectivity index (χ1) is 9.16. The van der Waals surface area contributed by atoms with E-state index in [1.165, 1.54) is 5.56 Å². The van der Waals surface area contributed by atoms with Gasteiger partial charge in [0.1, 0.15) is 12.4 Å². The molecule has 0 fully saturated rings. The van der Waals surface area contributed by atoms with Crippen LogP contribution in [0.1, 0.15) is 11.1 Å². The van der Waals surface area contributed by atoms with Crippen molar-refractivity contribution in [2.75, 3.05) is 6.61 Å². The molecule has 2 N–H and O–H groups in total. The molecule has 2 aromatic rings. The van der Waals surface area contributed by atoms with E-state index in [0.717, 1.165) is 29.2 Å². The van der Waals surface area contributed by atoms with Gasteiger partial charge in [0.25, 0.3) is 0 Å². The van der Waals surface area contributed by atoms with Crippen molar-refractivity contribution in [1.29, 1.82) is 0 Å². The summed E-state index contributed by atoms with van der Waals surface area (Å²) in [5, 5.41) is 0.770. The SMILES string of the molecule is NC1(Cc2ccccc2Cl)COc2ccccc2C1. The van der Waals surface area contributed by atoms with Crippen molar-refractivity contribution in [3.05, 3.63) is 64.7 Å². The van der Waals surface area contributed by atoms with Crippen LogP contribution in [0.5, 0.6) is 5.75 Å². The Morgan fingerprint density at radius 2 is 1.84 bits per heavy atom. The highest BCUT2D eigenvalue weighted by Gasteiger charge is 2.32. The smallest absolute Gasteiger partial charge is 0.122 e. The third-order valence-electron chi connectivity index (χ3n) is 3.53. The molecule has 0 saturated carbocycles. The summed E-state index contributed by atoms with van der Waals surface area (Å²) in [5.41, 5.74) is 8.35. The highest BCUT2D eigenvalue weighted by atomic mass is 35.5. The van der Waals surface area contributed by atoms with Crippen molar-refractivity contribution in [2.45, 2.75) is 18.4 Å². The topological polar surface area (TPSA) is 35.2 Å².